The minimum absolute atomic E-state index is 0.145. The lowest BCUT2D eigenvalue weighted by Gasteiger charge is -2.34. The highest BCUT2D eigenvalue weighted by atomic mass is 19.4. The fourth-order valence-corrected chi connectivity index (χ4v) is 5.39. The molecule has 1 aromatic rings. The molecule has 2 aliphatic carbocycles. The molecule has 2 heterocycles. The number of hydrogen-bond donors (Lipinski definition) is 3. The van der Waals surface area contributed by atoms with Gasteiger partial charge >= 0.3 is 6.36 Å². The Morgan fingerprint density at radius 2 is 2.00 bits per heavy atom. The molecule has 0 radical (unpaired) electrons. The molecule has 4 rings (SSSR count). The fraction of sp³-hybridized carbons (Fsp3) is 0.696. The smallest absolute Gasteiger partial charge is 0.402 e. The molecule has 3 aliphatic rings. The average Bonchev–Trinajstić information content (AvgIpc) is 3.26. The summed E-state index contributed by atoms with van der Waals surface area (Å²) in [4.78, 5) is 11.3. The second-order valence-electron chi connectivity index (χ2n) is 9.45. The van der Waals surface area contributed by atoms with Crippen molar-refractivity contribution in [1.29, 1.82) is 5.41 Å². The summed E-state index contributed by atoms with van der Waals surface area (Å²) >= 11 is 0. The summed E-state index contributed by atoms with van der Waals surface area (Å²) in [6.45, 7) is 8.42. The highest BCUT2D eigenvalue weighted by Crippen LogP contribution is 2.59. The number of hydrogen-bond acceptors (Lipinski definition) is 7. The lowest BCUT2D eigenvalue weighted by Crippen LogP contribution is -2.48. The number of piperazine rings is 1. The van der Waals surface area contributed by atoms with Crippen molar-refractivity contribution in [3.05, 3.63) is 17.8 Å². The zero-order valence-electron chi connectivity index (χ0n) is 19.2. The average molecular weight is 467 g/mol. The number of nitrogens with two attached hydrogens (primary N) is 1. The topological polar surface area (TPSA) is 99.6 Å². The van der Waals surface area contributed by atoms with Gasteiger partial charge in [0.25, 0.3) is 0 Å². The maximum Gasteiger partial charge on any atom is 0.573 e. The summed E-state index contributed by atoms with van der Waals surface area (Å²) < 4.78 is 42.0. The Kier molecular flexibility index (Phi) is 6.95. The Morgan fingerprint density at radius 1 is 1.33 bits per heavy atom. The Bertz CT molecular complexity index is 887. The molecule has 33 heavy (non-hydrogen) atoms. The van der Waals surface area contributed by atoms with Crippen LogP contribution in [0.5, 0.6) is 5.75 Å². The van der Waals surface area contributed by atoms with E-state index in [0.29, 0.717) is 30.2 Å². The number of ether oxygens (including phenoxy) is 1. The number of aliphatic imine (C=N–C) groups is 1. The summed E-state index contributed by atoms with van der Waals surface area (Å²) in [7, 11) is 0. The van der Waals surface area contributed by atoms with Crippen molar-refractivity contribution in [2.24, 2.45) is 22.7 Å². The second-order valence-corrected chi connectivity index (χ2v) is 9.45. The van der Waals surface area contributed by atoms with Crippen LogP contribution in [0.15, 0.2) is 17.3 Å². The minimum Gasteiger partial charge on any atom is -0.402 e. The van der Waals surface area contributed by atoms with Crippen molar-refractivity contribution < 1.29 is 17.9 Å². The van der Waals surface area contributed by atoms with Gasteiger partial charge in [-0.25, -0.2) is 4.98 Å². The van der Waals surface area contributed by atoms with Gasteiger partial charge in [-0.15, -0.1) is 13.2 Å². The monoisotopic (exact) mass is 466 g/mol. The number of rotatable bonds is 8. The summed E-state index contributed by atoms with van der Waals surface area (Å²) in [5, 5.41) is 12.0. The van der Waals surface area contributed by atoms with Gasteiger partial charge in [-0.1, -0.05) is 6.92 Å². The first-order chi connectivity index (χ1) is 15.7. The van der Waals surface area contributed by atoms with Crippen LogP contribution in [0.2, 0.25) is 0 Å². The van der Waals surface area contributed by atoms with Crippen LogP contribution in [0.3, 0.4) is 0 Å². The van der Waals surface area contributed by atoms with E-state index in [1.807, 2.05) is 0 Å². The second kappa shape index (κ2) is 9.58. The van der Waals surface area contributed by atoms with Gasteiger partial charge in [0.1, 0.15) is 0 Å². The predicted octanol–water partition coefficient (Wildman–Crippen LogP) is 3.49. The van der Waals surface area contributed by atoms with E-state index < -0.39 is 12.1 Å². The van der Waals surface area contributed by atoms with Gasteiger partial charge < -0.3 is 21.2 Å². The van der Waals surface area contributed by atoms with E-state index in [0.717, 1.165) is 57.2 Å². The van der Waals surface area contributed by atoms with E-state index in [9.17, 15) is 13.2 Å². The molecule has 0 spiro atoms. The number of nitrogens with zero attached hydrogens (tertiary/aromatic N) is 3. The molecule has 1 aliphatic heterocycles. The first kappa shape index (κ1) is 23.9. The van der Waals surface area contributed by atoms with Crippen LogP contribution in [0, 0.1) is 23.2 Å². The zero-order chi connectivity index (χ0) is 23.8. The van der Waals surface area contributed by atoms with Crippen molar-refractivity contribution >= 4 is 17.2 Å². The van der Waals surface area contributed by atoms with Crippen molar-refractivity contribution in [3.63, 3.8) is 0 Å². The van der Waals surface area contributed by atoms with E-state index in [4.69, 9.17) is 16.1 Å². The van der Waals surface area contributed by atoms with Crippen LogP contribution in [0.4, 0.5) is 19.0 Å². The Labute approximate surface area is 192 Å². The third kappa shape index (κ3) is 5.66. The molecule has 3 atom stereocenters. The molecule has 1 saturated heterocycles. The van der Waals surface area contributed by atoms with Crippen LogP contribution in [0.25, 0.3) is 0 Å². The normalized spacial score (nSPS) is 28.9. The quantitative estimate of drug-likeness (QED) is 0.510. The van der Waals surface area contributed by atoms with Gasteiger partial charge in [-0.2, -0.15) is 0 Å². The number of pyridine rings is 1. The lowest BCUT2D eigenvalue weighted by atomic mass is 9.96. The number of fused-ring (bicyclic) bond motifs is 1. The number of aromatic nitrogens is 1. The molecule has 0 bridgehead atoms. The van der Waals surface area contributed by atoms with Crippen LogP contribution >= 0.6 is 0 Å². The summed E-state index contributed by atoms with van der Waals surface area (Å²) in [5.74, 6) is 0.620. The van der Waals surface area contributed by atoms with Crippen LogP contribution in [-0.2, 0) is 0 Å². The number of alkyl halides is 3. The fourth-order valence-electron chi connectivity index (χ4n) is 5.39. The van der Waals surface area contributed by atoms with E-state index >= 15 is 0 Å². The molecule has 7 nitrogen and oxygen atoms in total. The van der Waals surface area contributed by atoms with Gasteiger partial charge in [0, 0.05) is 73.8 Å². The van der Waals surface area contributed by atoms with Gasteiger partial charge in [0.15, 0.2) is 11.6 Å². The molecular weight excluding hydrogens is 433 g/mol. The lowest BCUT2D eigenvalue weighted by molar-refractivity contribution is -0.274. The molecule has 3 fully saturated rings. The van der Waals surface area contributed by atoms with Crippen molar-refractivity contribution in [1.82, 2.24) is 15.2 Å². The molecular formula is C23H33F3N6O. The van der Waals surface area contributed by atoms with Gasteiger partial charge in [-0.05, 0) is 44.1 Å². The zero-order valence-corrected chi connectivity index (χ0v) is 19.2. The molecule has 4 N–H and O–H groups in total. The largest absolute Gasteiger partial charge is 0.573 e. The first-order valence-electron chi connectivity index (χ1n) is 11.8. The van der Waals surface area contributed by atoms with Crippen molar-refractivity contribution in [2.75, 3.05) is 31.9 Å². The van der Waals surface area contributed by atoms with Crippen LogP contribution < -0.4 is 15.8 Å². The molecule has 0 amide bonds. The highest BCUT2D eigenvalue weighted by Gasteiger charge is 2.58. The molecule has 1 aromatic heterocycles. The highest BCUT2D eigenvalue weighted by molar-refractivity contribution is 6.12. The predicted molar refractivity (Wildman–Crippen MR) is 122 cm³/mol. The first-order valence-corrected chi connectivity index (χ1v) is 11.8. The van der Waals surface area contributed by atoms with Crippen molar-refractivity contribution in [2.45, 2.75) is 58.0 Å². The van der Waals surface area contributed by atoms with Crippen LogP contribution in [-0.4, -0.2) is 65.9 Å². The molecule has 182 valence electrons. The molecule has 10 heteroatoms. The molecule has 3 unspecified atom stereocenters. The summed E-state index contributed by atoms with van der Waals surface area (Å²) in [5.41, 5.74) is 6.99. The third-order valence-electron chi connectivity index (χ3n) is 7.26. The summed E-state index contributed by atoms with van der Waals surface area (Å²) in [6.07, 6.45) is -0.0147. The van der Waals surface area contributed by atoms with Gasteiger partial charge in [-0.3, -0.25) is 9.89 Å². The number of nitrogen functional groups attached to an aromatic ring is 1. The maximum atomic E-state index is 12.7. The molecule has 2 saturated carbocycles. The van der Waals surface area contributed by atoms with E-state index in [-0.39, 0.29) is 23.1 Å². The summed E-state index contributed by atoms with van der Waals surface area (Å²) in [6, 6.07) is 1.92. The van der Waals surface area contributed by atoms with Gasteiger partial charge in [0.05, 0.1) is 0 Å². The maximum absolute atomic E-state index is 12.7. The SMILES string of the molecule is CCC(C)N=C(CC(=N)c1cnc(N)c(OC(F)(F)F)c1)C1C2CC(N3CCNCC3)CC21. The van der Waals surface area contributed by atoms with Crippen molar-refractivity contribution in [3.8, 4) is 5.75 Å². The van der Waals surface area contributed by atoms with E-state index in [1.165, 1.54) is 6.20 Å². The Morgan fingerprint density at radius 3 is 2.61 bits per heavy atom. The Balaban J connectivity index is 1.45. The standard InChI is InChI=1S/C23H33F3N6O/c1-3-13(2)31-19(21-16-9-15(10-17(16)21)32-6-4-29-5-7-32)11-18(27)14-8-20(22(28)30-12-14)33-23(24,25)26/h8,12-13,15-17,21,27,29H,3-7,9-11H2,1-2H3,(H2,28,30). The third-order valence-corrected chi connectivity index (χ3v) is 7.26. The number of halogens is 3. The minimum atomic E-state index is -4.87. The number of anilines is 1. The van der Waals surface area contributed by atoms with E-state index in [1.54, 1.807) is 0 Å². The molecule has 0 aromatic carbocycles. The van der Waals surface area contributed by atoms with Gasteiger partial charge in [0.2, 0.25) is 0 Å². The van der Waals surface area contributed by atoms with E-state index in [2.05, 4.69) is 33.8 Å². The number of nitrogens with one attached hydrogen (secondary N) is 2. The van der Waals surface area contributed by atoms with Crippen LogP contribution in [0.1, 0.15) is 45.1 Å². The Hall–Kier alpha value is -2.20.